The molecule has 0 aromatic heterocycles. The molecule has 1 atom stereocenters. The van der Waals surface area contributed by atoms with Crippen molar-refractivity contribution in [2.24, 2.45) is 28.5 Å². The van der Waals surface area contributed by atoms with Crippen LogP contribution in [0.3, 0.4) is 0 Å². The number of anilines is 1. The van der Waals surface area contributed by atoms with E-state index in [1.165, 1.54) is 11.8 Å². The third-order valence-electron chi connectivity index (χ3n) is 4.95. The lowest BCUT2D eigenvalue weighted by molar-refractivity contribution is -0.137. The molecular weight excluding hydrogens is 396 g/mol. The number of hydrogen-bond donors (Lipinski definition) is 3. The molecule has 2 rings (SSSR count). The smallest absolute Gasteiger partial charge is 0.303 e. The molecule has 0 bridgehead atoms. The molecule has 7 heteroatoms. The van der Waals surface area contributed by atoms with E-state index in [1.807, 2.05) is 25.1 Å². The number of rotatable bonds is 10. The predicted molar refractivity (Wildman–Crippen MR) is 128 cm³/mol. The third-order valence-corrected chi connectivity index (χ3v) is 5.81. The zero-order chi connectivity index (χ0) is 22.4. The molecule has 1 saturated carbocycles. The van der Waals surface area contributed by atoms with Gasteiger partial charge in [-0.2, -0.15) is 0 Å². The number of thioether (sulfide) groups is 1. The van der Waals surface area contributed by atoms with Gasteiger partial charge in [0.1, 0.15) is 0 Å². The van der Waals surface area contributed by atoms with Gasteiger partial charge in [-0.3, -0.25) is 10.2 Å². The van der Waals surface area contributed by atoms with Gasteiger partial charge in [-0.25, -0.2) is 4.99 Å². The maximum Gasteiger partial charge on any atom is 0.303 e. The maximum absolute atomic E-state index is 11.2. The number of aliphatic carboxylic acids is 1. The first-order valence-electron chi connectivity index (χ1n) is 10.8. The molecule has 6 nitrogen and oxygen atoms in total. The molecule has 0 saturated heterocycles. The predicted octanol–water partition coefficient (Wildman–Crippen LogP) is 5.45. The number of carbonyl (C=O) groups is 1. The molecule has 0 radical (unpaired) electrons. The van der Waals surface area contributed by atoms with Crippen molar-refractivity contribution in [2.45, 2.75) is 59.8 Å². The number of nitrogens with zero attached hydrogens (tertiary/aromatic N) is 2. The van der Waals surface area contributed by atoms with Gasteiger partial charge in [0.25, 0.3) is 0 Å². The molecule has 0 spiro atoms. The SMILES string of the molecule is CC(C)CN(CC(C)C)c1ccc(C(C)CC(=O)O)cc1N=C(N)SC(=N)C1CC1. The standard InChI is InChI=1S/C23H36N4O2S/c1-14(2)12-27(13-15(3)4)20-9-8-18(16(5)10-21(28)29)11-19(20)26-23(25)30-22(24)17-6-7-17/h8-9,11,14-17,24H,6-7,10,12-13H2,1-5H3,(H2,25,26)(H,28,29). The van der Waals surface area contributed by atoms with Gasteiger partial charge < -0.3 is 15.7 Å². The second-order valence-electron chi connectivity index (χ2n) is 9.13. The highest BCUT2D eigenvalue weighted by molar-refractivity contribution is 8.26. The van der Waals surface area contributed by atoms with Gasteiger partial charge in [0.2, 0.25) is 0 Å². The minimum absolute atomic E-state index is 0.0702. The number of carboxylic acids is 1. The molecule has 166 valence electrons. The van der Waals surface area contributed by atoms with Crippen LogP contribution < -0.4 is 10.6 Å². The Hall–Kier alpha value is -2.02. The van der Waals surface area contributed by atoms with Gasteiger partial charge in [0.15, 0.2) is 5.17 Å². The van der Waals surface area contributed by atoms with Gasteiger partial charge in [0, 0.05) is 19.0 Å². The Kier molecular flexibility index (Phi) is 8.77. The van der Waals surface area contributed by atoms with E-state index >= 15 is 0 Å². The quantitative estimate of drug-likeness (QED) is 0.337. The molecule has 1 aliphatic carbocycles. The van der Waals surface area contributed by atoms with Crippen molar-refractivity contribution in [3.05, 3.63) is 23.8 Å². The summed E-state index contributed by atoms with van der Waals surface area (Å²) >= 11 is 1.24. The fourth-order valence-corrected chi connectivity index (χ4v) is 4.19. The number of amidine groups is 1. The first kappa shape index (κ1) is 24.3. The highest BCUT2D eigenvalue weighted by Crippen LogP contribution is 2.37. The van der Waals surface area contributed by atoms with Gasteiger partial charge in [-0.1, -0.05) is 40.7 Å². The van der Waals surface area contributed by atoms with Crippen LogP contribution in [0.15, 0.2) is 23.2 Å². The fourth-order valence-electron chi connectivity index (χ4n) is 3.42. The topological polar surface area (TPSA) is 103 Å². The molecule has 1 aromatic rings. The van der Waals surface area contributed by atoms with E-state index < -0.39 is 5.97 Å². The number of nitrogens with one attached hydrogen (secondary N) is 1. The Morgan fingerprint density at radius 1 is 1.23 bits per heavy atom. The van der Waals surface area contributed by atoms with Crippen LogP contribution in [0.5, 0.6) is 0 Å². The van der Waals surface area contributed by atoms with Gasteiger partial charge in [0.05, 0.1) is 22.8 Å². The average molecular weight is 433 g/mol. The van der Waals surface area contributed by atoms with Crippen molar-refractivity contribution in [3.8, 4) is 0 Å². The number of benzene rings is 1. The first-order valence-corrected chi connectivity index (χ1v) is 11.6. The van der Waals surface area contributed by atoms with Crippen LogP contribution in [-0.4, -0.2) is 34.4 Å². The number of aliphatic imine (C=N–C) groups is 1. The van der Waals surface area contributed by atoms with Crippen LogP contribution in [0.1, 0.15) is 65.4 Å². The zero-order valence-corrected chi connectivity index (χ0v) is 19.6. The zero-order valence-electron chi connectivity index (χ0n) is 18.8. The summed E-state index contributed by atoms with van der Waals surface area (Å²) in [4.78, 5) is 18.2. The monoisotopic (exact) mass is 432 g/mol. The Morgan fingerprint density at radius 2 is 1.83 bits per heavy atom. The van der Waals surface area contributed by atoms with E-state index in [0.29, 0.717) is 28.0 Å². The van der Waals surface area contributed by atoms with E-state index in [4.69, 9.17) is 16.1 Å². The lowest BCUT2D eigenvalue weighted by Crippen LogP contribution is -2.31. The first-order chi connectivity index (χ1) is 14.1. The van der Waals surface area contributed by atoms with Crippen LogP contribution in [-0.2, 0) is 4.79 Å². The van der Waals surface area contributed by atoms with Crippen molar-refractivity contribution in [1.82, 2.24) is 0 Å². The van der Waals surface area contributed by atoms with Crippen molar-refractivity contribution in [3.63, 3.8) is 0 Å². The van der Waals surface area contributed by atoms with Crippen LogP contribution >= 0.6 is 11.8 Å². The van der Waals surface area contributed by atoms with E-state index in [0.717, 1.165) is 42.9 Å². The highest BCUT2D eigenvalue weighted by atomic mass is 32.2. The summed E-state index contributed by atoms with van der Waals surface area (Å²) in [6.07, 6.45) is 2.19. The van der Waals surface area contributed by atoms with E-state index in [9.17, 15) is 9.90 Å². The molecule has 1 aliphatic rings. The second kappa shape index (κ2) is 10.8. The molecular formula is C23H36N4O2S. The van der Waals surface area contributed by atoms with E-state index in [-0.39, 0.29) is 12.3 Å². The van der Waals surface area contributed by atoms with Crippen LogP contribution in [0.4, 0.5) is 11.4 Å². The Balaban J connectivity index is 2.42. The molecule has 1 unspecified atom stereocenters. The largest absolute Gasteiger partial charge is 0.481 e. The molecule has 0 heterocycles. The molecule has 1 aromatic carbocycles. The molecule has 0 aliphatic heterocycles. The summed E-state index contributed by atoms with van der Waals surface area (Å²) in [5.41, 5.74) is 8.90. The van der Waals surface area contributed by atoms with Crippen LogP contribution in [0, 0.1) is 23.2 Å². The van der Waals surface area contributed by atoms with Crippen molar-refractivity contribution < 1.29 is 9.90 Å². The summed E-state index contributed by atoms with van der Waals surface area (Å²) in [5.74, 6) is 0.379. The number of nitrogens with two attached hydrogens (primary N) is 1. The molecule has 0 amide bonds. The summed E-state index contributed by atoms with van der Waals surface area (Å²) in [7, 11) is 0. The molecule has 1 fully saturated rings. The van der Waals surface area contributed by atoms with Gasteiger partial charge in [-0.15, -0.1) is 0 Å². The Morgan fingerprint density at radius 3 is 2.33 bits per heavy atom. The Bertz CT molecular complexity index is 777. The normalized spacial score (nSPS) is 15.5. The fraction of sp³-hybridized carbons (Fsp3) is 0.609. The van der Waals surface area contributed by atoms with Crippen molar-refractivity contribution in [1.29, 1.82) is 5.41 Å². The minimum Gasteiger partial charge on any atom is -0.481 e. The van der Waals surface area contributed by atoms with E-state index in [1.54, 1.807) is 0 Å². The van der Waals surface area contributed by atoms with Crippen LogP contribution in [0.25, 0.3) is 0 Å². The lowest BCUT2D eigenvalue weighted by Gasteiger charge is -2.30. The maximum atomic E-state index is 11.2. The summed E-state index contributed by atoms with van der Waals surface area (Å²) in [5, 5.41) is 18.3. The molecule has 30 heavy (non-hydrogen) atoms. The molecule has 4 N–H and O–H groups in total. The summed E-state index contributed by atoms with van der Waals surface area (Å²) < 4.78 is 0. The van der Waals surface area contributed by atoms with Crippen LogP contribution in [0.2, 0.25) is 0 Å². The third kappa shape index (κ3) is 7.67. The average Bonchev–Trinajstić information content (AvgIpc) is 3.44. The second-order valence-corrected chi connectivity index (χ2v) is 10.2. The summed E-state index contributed by atoms with van der Waals surface area (Å²) in [6.45, 7) is 12.5. The number of hydrogen-bond acceptors (Lipinski definition) is 5. The highest BCUT2D eigenvalue weighted by Gasteiger charge is 2.27. The lowest BCUT2D eigenvalue weighted by atomic mass is 9.96. The minimum atomic E-state index is -0.814. The van der Waals surface area contributed by atoms with Crippen molar-refractivity contribution in [2.75, 3.05) is 18.0 Å². The van der Waals surface area contributed by atoms with E-state index in [2.05, 4.69) is 32.6 Å². The number of carboxylic acid groups (broad SMARTS) is 1. The van der Waals surface area contributed by atoms with Crippen molar-refractivity contribution >= 4 is 39.3 Å². The van der Waals surface area contributed by atoms with Gasteiger partial charge >= 0.3 is 5.97 Å². The van der Waals surface area contributed by atoms with Gasteiger partial charge in [-0.05, 0) is 60.1 Å². The summed E-state index contributed by atoms with van der Waals surface area (Å²) in [6, 6.07) is 6.01. The Labute approximate surface area is 184 Å².